The molecular formula is C22H22N4O2. The number of benzene rings is 2. The summed E-state index contributed by atoms with van der Waals surface area (Å²) in [5, 5.41) is 7.76. The van der Waals surface area contributed by atoms with Gasteiger partial charge in [0.2, 0.25) is 5.91 Å². The summed E-state index contributed by atoms with van der Waals surface area (Å²) < 4.78 is 0. The molecule has 0 fully saturated rings. The number of aromatic nitrogens is 2. The van der Waals surface area contributed by atoms with Crippen LogP contribution in [-0.4, -0.2) is 34.4 Å². The maximum absolute atomic E-state index is 12.4. The highest BCUT2D eigenvalue weighted by Gasteiger charge is 2.17. The number of carbonyl (C=O) groups is 2. The summed E-state index contributed by atoms with van der Waals surface area (Å²) in [5.41, 5.74) is 3.58. The van der Waals surface area contributed by atoms with Gasteiger partial charge in [0.1, 0.15) is 11.7 Å². The van der Waals surface area contributed by atoms with E-state index in [9.17, 15) is 9.59 Å². The molecule has 2 amide bonds. The summed E-state index contributed by atoms with van der Waals surface area (Å²) in [6, 6.07) is 16.9. The monoisotopic (exact) mass is 374 g/mol. The van der Waals surface area contributed by atoms with E-state index in [-0.39, 0.29) is 11.8 Å². The molecule has 6 nitrogen and oxygen atoms in total. The Balaban J connectivity index is 1.31. The van der Waals surface area contributed by atoms with Crippen LogP contribution in [0.15, 0.2) is 60.8 Å². The van der Waals surface area contributed by atoms with Gasteiger partial charge >= 0.3 is 0 Å². The van der Waals surface area contributed by atoms with Crippen LogP contribution in [0.5, 0.6) is 0 Å². The number of carbonyl (C=O) groups excluding carboxylic acids is 2. The van der Waals surface area contributed by atoms with E-state index in [0.29, 0.717) is 12.2 Å². The molecule has 4 N–H and O–H groups in total. The molecule has 6 heteroatoms. The number of amides is 2. The lowest BCUT2D eigenvalue weighted by Crippen LogP contribution is -2.45. The zero-order valence-electron chi connectivity index (χ0n) is 15.6. The smallest absolute Gasteiger partial charge is 0.268 e. The SMILES string of the molecule is C[C@H](NC(=O)c1cc2ccccc2[nH]1)C(=O)NCCc1c[nH]c2ccccc12. The highest BCUT2D eigenvalue weighted by molar-refractivity contribution is 6.00. The molecule has 0 saturated heterocycles. The van der Waals surface area contributed by atoms with Gasteiger partial charge in [-0.2, -0.15) is 0 Å². The number of rotatable bonds is 6. The molecule has 2 aromatic carbocycles. The van der Waals surface area contributed by atoms with Crippen molar-refractivity contribution < 1.29 is 9.59 Å². The molecule has 0 saturated carbocycles. The second kappa shape index (κ2) is 7.60. The van der Waals surface area contributed by atoms with Crippen LogP contribution in [0.1, 0.15) is 23.0 Å². The zero-order valence-corrected chi connectivity index (χ0v) is 15.6. The van der Waals surface area contributed by atoms with Crippen LogP contribution >= 0.6 is 0 Å². The van der Waals surface area contributed by atoms with E-state index in [1.807, 2.05) is 48.7 Å². The van der Waals surface area contributed by atoms with Crippen molar-refractivity contribution >= 4 is 33.6 Å². The average molecular weight is 374 g/mol. The molecule has 28 heavy (non-hydrogen) atoms. The van der Waals surface area contributed by atoms with Gasteiger partial charge in [-0.05, 0) is 37.1 Å². The summed E-state index contributed by atoms with van der Waals surface area (Å²) >= 11 is 0. The largest absolute Gasteiger partial charge is 0.361 e. The van der Waals surface area contributed by atoms with Gasteiger partial charge in [0, 0.05) is 34.5 Å². The Kier molecular flexibility index (Phi) is 4.85. The minimum Gasteiger partial charge on any atom is -0.361 e. The van der Waals surface area contributed by atoms with Gasteiger partial charge in [-0.15, -0.1) is 0 Å². The predicted octanol–water partition coefficient (Wildman–Crippen LogP) is 3.13. The van der Waals surface area contributed by atoms with Gasteiger partial charge in [-0.25, -0.2) is 0 Å². The van der Waals surface area contributed by atoms with Gasteiger partial charge in [-0.1, -0.05) is 36.4 Å². The zero-order chi connectivity index (χ0) is 19.5. The highest BCUT2D eigenvalue weighted by atomic mass is 16.2. The van der Waals surface area contributed by atoms with Crippen LogP contribution in [0.25, 0.3) is 21.8 Å². The number of hydrogen-bond donors (Lipinski definition) is 4. The van der Waals surface area contributed by atoms with Crippen LogP contribution in [0.2, 0.25) is 0 Å². The van der Waals surface area contributed by atoms with E-state index < -0.39 is 6.04 Å². The number of aromatic amines is 2. The first kappa shape index (κ1) is 17.9. The second-order valence-electron chi connectivity index (χ2n) is 6.87. The summed E-state index contributed by atoms with van der Waals surface area (Å²) in [5.74, 6) is -0.500. The third-order valence-electron chi connectivity index (χ3n) is 4.88. The Bertz CT molecular complexity index is 1110. The fourth-order valence-electron chi connectivity index (χ4n) is 3.35. The van der Waals surface area contributed by atoms with Crippen molar-refractivity contribution in [3.8, 4) is 0 Å². The predicted molar refractivity (Wildman–Crippen MR) is 110 cm³/mol. The molecule has 0 radical (unpaired) electrons. The lowest BCUT2D eigenvalue weighted by molar-refractivity contribution is -0.122. The maximum Gasteiger partial charge on any atom is 0.268 e. The molecule has 0 aliphatic carbocycles. The third-order valence-corrected chi connectivity index (χ3v) is 4.88. The van der Waals surface area contributed by atoms with Gasteiger partial charge < -0.3 is 20.6 Å². The molecule has 2 heterocycles. The molecule has 0 spiro atoms. The Labute approximate surface area is 162 Å². The highest BCUT2D eigenvalue weighted by Crippen LogP contribution is 2.17. The number of fused-ring (bicyclic) bond motifs is 2. The molecule has 142 valence electrons. The van der Waals surface area contributed by atoms with Gasteiger partial charge in [-0.3, -0.25) is 9.59 Å². The second-order valence-corrected chi connectivity index (χ2v) is 6.87. The van der Waals surface area contributed by atoms with E-state index >= 15 is 0 Å². The van der Waals surface area contributed by atoms with Crippen molar-refractivity contribution in [3.63, 3.8) is 0 Å². The normalized spacial score (nSPS) is 12.2. The average Bonchev–Trinajstić information content (AvgIpc) is 3.32. The Hall–Kier alpha value is -3.54. The van der Waals surface area contributed by atoms with Gasteiger partial charge in [0.05, 0.1) is 0 Å². The fourth-order valence-corrected chi connectivity index (χ4v) is 3.35. The van der Waals surface area contributed by atoms with E-state index in [2.05, 4.69) is 26.7 Å². The third kappa shape index (κ3) is 3.62. The molecule has 0 unspecified atom stereocenters. The first-order valence-corrected chi connectivity index (χ1v) is 9.33. The van der Waals surface area contributed by atoms with Crippen molar-refractivity contribution in [2.45, 2.75) is 19.4 Å². The van der Waals surface area contributed by atoms with Crippen molar-refractivity contribution in [3.05, 3.63) is 72.1 Å². The molecule has 4 aromatic rings. The summed E-state index contributed by atoms with van der Waals surface area (Å²) in [6.45, 7) is 2.19. The molecule has 0 aliphatic rings. The van der Waals surface area contributed by atoms with Crippen molar-refractivity contribution in [1.29, 1.82) is 0 Å². The van der Waals surface area contributed by atoms with E-state index in [1.54, 1.807) is 13.0 Å². The van der Waals surface area contributed by atoms with Crippen LogP contribution in [0.3, 0.4) is 0 Å². The minimum atomic E-state index is -0.623. The molecule has 0 aliphatic heterocycles. The molecule has 1 atom stereocenters. The molecule has 4 rings (SSSR count). The lowest BCUT2D eigenvalue weighted by Gasteiger charge is -2.13. The van der Waals surface area contributed by atoms with Crippen LogP contribution in [0, 0.1) is 0 Å². The fraction of sp³-hybridized carbons (Fsp3) is 0.182. The number of H-pyrrole nitrogens is 2. The van der Waals surface area contributed by atoms with Crippen LogP contribution in [0.4, 0.5) is 0 Å². The summed E-state index contributed by atoms with van der Waals surface area (Å²) in [6.07, 6.45) is 2.69. The van der Waals surface area contributed by atoms with Crippen molar-refractivity contribution in [1.82, 2.24) is 20.6 Å². The summed E-state index contributed by atoms with van der Waals surface area (Å²) in [4.78, 5) is 31.0. The lowest BCUT2D eigenvalue weighted by atomic mass is 10.1. The quantitative estimate of drug-likeness (QED) is 0.418. The number of nitrogens with one attached hydrogen (secondary N) is 4. The Morgan fingerprint density at radius 3 is 2.61 bits per heavy atom. The van der Waals surface area contributed by atoms with E-state index in [1.165, 1.54) is 0 Å². The van der Waals surface area contributed by atoms with Crippen LogP contribution in [-0.2, 0) is 11.2 Å². The standard InChI is InChI=1S/C22H22N4O2/c1-14(25-22(28)20-12-15-6-2-4-8-18(15)26-20)21(27)23-11-10-16-13-24-19-9-5-3-7-17(16)19/h2-9,12-14,24,26H,10-11H2,1H3,(H,23,27)(H,25,28)/t14-/m0/s1. The summed E-state index contributed by atoms with van der Waals surface area (Å²) in [7, 11) is 0. The van der Waals surface area contributed by atoms with Crippen LogP contribution < -0.4 is 10.6 Å². The number of hydrogen-bond acceptors (Lipinski definition) is 2. The first-order chi connectivity index (χ1) is 13.6. The van der Waals surface area contributed by atoms with Gasteiger partial charge in [0.15, 0.2) is 0 Å². The van der Waals surface area contributed by atoms with Crippen molar-refractivity contribution in [2.24, 2.45) is 0 Å². The van der Waals surface area contributed by atoms with Crippen molar-refractivity contribution in [2.75, 3.05) is 6.54 Å². The maximum atomic E-state index is 12.4. The Morgan fingerprint density at radius 2 is 1.79 bits per heavy atom. The molecule has 2 aromatic heterocycles. The topological polar surface area (TPSA) is 89.8 Å². The van der Waals surface area contributed by atoms with Gasteiger partial charge in [0.25, 0.3) is 5.91 Å². The Morgan fingerprint density at radius 1 is 1.04 bits per heavy atom. The van der Waals surface area contributed by atoms with E-state index in [4.69, 9.17) is 0 Å². The first-order valence-electron chi connectivity index (χ1n) is 9.33. The molecule has 0 bridgehead atoms. The van der Waals surface area contributed by atoms with E-state index in [0.717, 1.165) is 33.8 Å². The molecular weight excluding hydrogens is 352 g/mol. The number of para-hydroxylation sites is 2. The minimum absolute atomic E-state index is 0.204.